The molecule has 1 aliphatic carbocycles. The highest BCUT2D eigenvalue weighted by Gasteiger charge is 2.43. The molecule has 0 aromatic carbocycles. The fourth-order valence-electron chi connectivity index (χ4n) is 11.7. The molecule has 7 nitrogen and oxygen atoms in total. The van der Waals surface area contributed by atoms with E-state index in [2.05, 4.69) is 33.9 Å². The van der Waals surface area contributed by atoms with Gasteiger partial charge in [-0.2, -0.15) is 0 Å². The van der Waals surface area contributed by atoms with E-state index in [0.717, 1.165) is 80.9 Å². The van der Waals surface area contributed by atoms with Crippen LogP contribution in [0.2, 0.25) is 0 Å². The van der Waals surface area contributed by atoms with Crippen molar-refractivity contribution in [3.05, 3.63) is 36.6 Å². The van der Waals surface area contributed by atoms with Crippen molar-refractivity contribution in [3.63, 3.8) is 0 Å². The van der Waals surface area contributed by atoms with Gasteiger partial charge >= 0.3 is 0 Å². The van der Waals surface area contributed by atoms with E-state index in [1.807, 2.05) is 11.0 Å². The summed E-state index contributed by atoms with van der Waals surface area (Å²) in [5.41, 5.74) is 1.27. The average molecular weight is 904 g/mol. The van der Waals surface area contributed by atoms with Crippen LogP contribution in [0.15, 0.2) is 36.6 Å². The van der Waals surface area contributed by atoms with E-state index in [0.29, 0.717) is 18.7 Å². The summed E-state index contributed by atoms with van der Waals surface area (Å²) in [6.45, 7) is 18.3. The lowest BCUT2D eigenvalue weighted by Crippen LogP contribution is -2.46. The highest BCUT2D eigenvalue weighted by Crippen LogP contribution is 2.48. The number of imide groups is 1. The topological polar surface area (TPSA) is 78.0 Å². The molecule has 2 fully saturated rings. The van der Waals surface area contributed by atoms with Gasteiger partial charge in [-0.05, 0) is 81.6 Å². The van der Waals surface area contributed by atoms with E-state index in [4.69, 9.17) is 0 Å². The minimum absolute atomic E-state index is 0.0885. The van der Waals surface area contributed by atoms with Crippen molar-refractivity contribution in [3.8, 4) is 0 Å². The molecule has 2 aliphatic heterocycles. The Kier molecular flexibility index (Phi) is 30.1. The predicted molar refractivity (Wildman–Crippen MR) is 274 cm³/mol. The summed E-state index contributed by atoms with van der Waals surface area (Å²) in [6, 6.07) is -0.681. The lowest BCUT2D eigenvalue weighted by Gasteiger charge is -2.44. The summed E-state index contributed by atoms with van der Waals surface area (Å²) in [5.74, 6) is 3.14. The molecule has 3 aliphatic rings. The molecule has 5 atom stereocenters. The summed E-state index contributed by atoms with van der Waals surface area (Å²) >= 11 is 0. The number of carbonyl (C=O) groups is 4. The lowest BCUT2D eigenvalue weighted by molar-refractivity contribution is -0.143. The fourth-order valence-corrected chi connectivity index (χ4v) is 11.7. The average Bonchev–Trinajstić information content (AvgIpc) is 3.77. The largest absolute Gasteiger partial charge is 0.326 e. The van der Waals surface area contributed by atoms with Gasteiger partial charge in [0, 0.05) is 37.0 Å². The fraction of sp³-hybridized carbons (Fsp3) is 0.828. The van der Waals surface area contributed by atoms with E-state index < -0.39 is 6.04 Å². The molecule has 0 spiro atoms. The van der Waals surface area contributed by atoms with Crippen molar-refractivity contribution < 1.29 is 19.2 Å². The minimum Gasteiger partial charge on any atom is -0.326 e. The normalized spacial score (nSPS) is 21.1. The van der Waals surface area contributed by atoms with Crippen LogP contribution in [0.25, 0.3) is 0 Å². The lowest BCUT2D eigenvalue weighted by atomic mass is 9.61. The first-order valence-corrected chi connectivity index (χ1v) is 28.1. The molecule has 372 valence electrons. The highest BCUT2D eigenvalue weighted by molar-refractivity contribution is 6.08. The molecule has 0 N–H and O–H groups in total. The van der Waals surface area contributed by atoms with Crippen molar-refractivity contribution in [1.82, 2.24) is 14.7 Å². The Morgan fingerprint density at radius 2 is 0.954 bits per heavy atom. The molecule has 5 unspecified atom stereocenters. The molecule has 2 heterocycles. The Morgan fingerprint density at radius 3 is 1.40 bits per heavy atom. The number of allylic oxidation sites excluding steroid dienone is 1. The Bertz CT molecular complexity index is 1390. The highest BCUT2D eigenvalue weighted by atomic mass is 16.2. The van der Waals surface area contributed by atoms with Gasteiger partial charge < -0.3 is 9.80 Å². The van der Waals surface area contributed by atoms with E-state index in [9.17, 15) is 19.2 Å². The second-order valence-electron chi connectivity index (χ2n) is 21.0. The number of likely N-dealkylation sites (tertiary alicyclic amines) is 1. The number of hydrogen-bond donors (Lipinski definition) is 0. The van der Waals surface area contributed by atoms with Crippen LogP contribution in [0.3, 0.4) is 0 Å². The SMILES string of the molecule is C=C(C)C(=O)N(CCCCCCCCC)C1CC(=O)N(CCCCCCCCC2C(CCCCCCCCN3C(=C)C=CC3=O)CCC(CCCCCC)C2CCCCCCCC)C1=O. The molecule has 1 saturated heterocycles. The Balaban J connectivity index is 1.48. The number of nitrogens with zero attached hydrogens (tertiary/aromatic N) is 3. The van der Waals surface area contributed by atoms with Crippen molar-refractivity contribution in [2.24, 2.45) is 23.7 Å². The van der Waals surface area contributed by atoms with E-state index in [-0.39, 0.29) is 30.0 Å². The third-order valence-corrected chi connectivity index (χ3v) is 15.6. The maximum absolute atomic E-state index is 13.6. The van der Waals surface area contributed by atoms with Crippen molar-refractivity contribution in [1.29, 1.82) is 0 Å². The second-order valence-corrected chi connectivity index (χ2v) is 21.0. The van der Waals surface area contributed by atoms with E-state index in [1.54, 1.807) is 17.9 Å². The zero-order valence-corrected chi connectivity index (χ0v) is 43.0. The van der Waals surface area contributed by atoms with Gasteiger partial charge in [0.1, 0.15) is 6.04 Å². The van der Waals surface area contributed by atoms with Crippen molar-refractivity contribution >= 4 is 23.6 Å². The monoisotopic (exact) mass is 904 g/mol. The standard InChI is InChI=1S/C58H101N3O4/c1-7-10-13-16-20-27-34-45-60(57(64)48(4)5)54-47-56(63)61(58(54)65)46-35-28-22-19-25-32-39-53-51(37-30-23-18-21-26-33-44-59-49(6)40-43-55(59)62)42-41-50(36-29-15-12-9-3)52(53)38-31-24-17-14-11-8-2/h40,43,50-54H,4,6-39,41-42,44-47H2,1-3,5H3. The quantitative estimate of drug-likeness (QED) is 0.0349. The summed E-state index contributed by atoms with van der Waals surface area (Å²) < 4.78 is 0. The summed E-state index contributed by atoms with van der Waals surface area (Å²) in [5, 5.41) is 0. The maximum atomic E-state index is 13.6. The number of carbonyl (C=O) groups excluding carboxylic acids is 4. The molecule has 0 aromatic heterocycles. The van der Waals surface area contributed by atoms with Gasteiger partial charge in [-0.1, -0.05) is 214 Å². The zero-order valence-electron chi connectivity index (χ0n) is 43.0. The molecule has 0 bridgehead atoms. The van der Waals surface area contributed by atoms with Crippen LogP contribution in [0.1, 0.15) is 259 Å². The summed E-state index contributed by atoms with van der Waals surface area (Å²) in [4.78, 5) is 56.9. The molecule has 0 aromatic rings. The van der Waals surface area contributed by atoms with Crippen molar-refractivity contribution in [2.75, 3.05) is 19.6 Å². The molecular formula is C58H101N3O4. The van der Waals surface area contributed by atoms with Gasteiger partial charge in [0.25, 0.3) is 11.8 Å². The van der Waals surface area contributed by atoms with Crippen LogP contribution in [-0.4, -0.2) is 64.0 Å². The van der Waals surface area contributed by atoms with Crippen LogP contribution in [0.4, 0.5) is 0 Å². The third-order valence-electron chi connectivity index (χ3n) is 15.6. The van der Waals surface area contributed by atoms with Crippen molar-refractivity contribution in [2.45, 2.75) is 265 Å². The Labute approximate surface area is 400 Å². The Hall–Kier alpha value is -2.70. The number of hydrogen-bond acceptors (Lipinski definition) is 4. The van der Waals surface area contributed by atoms with Gasteiger partial charge in [-0.15, -0.1) is 0 Å². The predicted octanol–water partition coefficient (Wildman–Crippen LogP) is 15.6. The van der Waals surface area contributed by atoms with Crippen LogP contribution in [0.5, 0.6) is 0 Å². The van der Waals surface area contributed by atoms with Gasteiger partial charge in [-0.3, -0.25) is 24.1 Å². The minimum atomic E-state index is -0.681. The first kappa shape index (κ1) is 56.6. The second kappa shape index (κ2) is 34.6. The maximum Gasteiger partial charge on any atom is 0.252 e. The molecular weight excluding hydrogens is 803 g/mol. The van der Waals surface area contributed by atoms with E-state index >= 15 is 0 Å². The first-order chi connectivity index (χ1) is 31.6. The van der Waals surface area contributed by atoms with Gasteiger partial charge in [-0.25, -0.2) is 0 Å². The first-order valence-electron chi connectivity index (χ1n) is 28.1. The molecule has 0 radical (unpaired) electrons. The molecule has 3 rings (SSSR count). The molecule has 4 amide bonds. The summed E-state index contributed by atoms with van der Waals surface area (Å²) in [6.07, 6.45) is 48.3. The van der Waals surface area contributed by atoms with E-state index in [1.165, 1.54) is 185 Å². The number of rotatable bonds is 40. The molecule has 7 heteroatoms. The summed E-state index contributed by atoms with van der Waals surface area (Å²) in [7, 11) is 0. The zero-order chi connectivity index (χ0) is 47.1. The number of amides is 4. The van der Waals surface area contributed by atoms with Crippen LogP contribution in [0, 0.1) is 23.7 Å². The van der Waals surface area contributed by atoms with Gasteiger partial charge in [0.05, 0.1) is 6.42 Å². The molecule has 65 heavy (non-hydrogen) atoms. The smallest absolute Gasteiger partial charge is 0.252 e. The third kappa shape index (κ3) is 21.4. The molecule has 1 saturated carbocycles. The Morgan fingerprint density at radius 1 is 0.554 bits per heavy atom. The van der Waals surface area contributed by atoms with Gasteiger partial charge in [0.2, 0.25) is 11.8 Å². The number of unbranched alkanes of at least 4 members (excludes halogenated alkanes) is 24. The van der Waals surface area contributed by atoms with Crippen LogP contribution in [-0.2, 0) is 19.2 Å². The van der Waals surface area contributed by atoms with Crippen LogP contribution < -0.4 is 0 Å². The van der Waals surface area contributed by atoms with Gasteiger partial charge in [0.15, 0.2) is 0 Å². The van der Waals surface area contributed by atoms with Crippen LogP contribution >= 0.6 is 0 Å².